The van der Waals surface area contributed by atoms with E-state index in [1.807, 2.05) is 0 Å². The Bertz CT molecular complexity index is 508. The molecule has 2 N–H and O–H groups in total. The number of benzene rings is 1. The monoisotopic (exact) mass is 274 g/mol. The van der Waals surface area contributed by atoms with Gasteiger partial charge in [0, 0.05) is 13.2 Å². The third-order valence-corrected chi connectivity index (χ3v) is 3.06. The van der Waals surface area contributed by atoms with Gasteiger partial charge in [0.05, 0.1) is 11.3 Å². The Morgan fingerprint density at radius 2 is 2.20 bits per heavy atom. The van der Waals surface area contributed by atoms with Crippen molar-refractivity contribution >= 4 is 17.5 Å². The van der Waals surface area contributed by atoms with Crippen LogP contribution in [0.25, 0.3) is 0 Å². The number of hydrogen-bond acceptors (Lipinski definition) is 3. The summed E-state index contributed by atoms with van der Waals surface area (Å²) in [7, 11) is 0. The molecule has 5 heteroatoms. The van der Waals surface area contributed by atoms with Crippen molar-refractivity contribution in [1.29, 1.82) is 0 Å². The van der Waals surface area contributed by atoms with Gasteiger partial charge in [-0.15, -0.1) is 6.58 Å². The van der Waals surface area contributed by atoms with E-state index in [0.717, 1.165) is 12.8 Å². The second kappa shape index (κ2) is 6.86. The Labute approximate surface area is 118 Å². The number of para-hydroxylation sites is 1. The van der Waals surface area contributed by atoms with Crippen LogP contribution in [-0.2, 0) is 9.53 Å². The Balaban J connectivity index is 2.08. The van der Waals surface area contributed by atoms with E-state index in [1.165, 1.54) is 0 Å². The molecule has 1 fully saturated rings. The van der Waals surface area contributed by atoms with Crippen LogP contribution in [0.2, 0.25) is 0 Å². The molecule has 0 saturated carbocycles. The molecule has 1 atom stereocenters. The molecule has 1 aromatic carbocycles. The average molecular weight is 274 g/mol. The zero-order valence-electron chi connectivity index (χ0n) is 11.2. The van der Waals surface area contributed by atoms with E-state index >= 15 is 0 Å². The summed E-state index contributed by atoms with van der Waals surface area (Å²) < 4.78 is 5.33. The van der Waals surface area contributed by atoms with Gasteiger partial charge in [-0.05, 0) is 25.0 Å². The van der Waals surface area contributed by atoms with Crippen LogP contribution in [0, 0.1) is 0 Å². The van der Waals surface area contributed by atoms with Gasteiger partial charge in [-0.1, -0.05) is 18.2 Å². The van der Waals surface area contributed by atoms with Crippen LogP contribution in [-0.4, -0.2) is 31.1 Å². The third kappa shape index (κ3) is 3.45. The van der Waals surface area contributed by atoms with Gasteiger partial charge in [0.15, 0.2) is 0 Å². The fraction of sp³-hybridized carbons (Fsp3) is 0.333. The molecule has 2 rings (SSSR count). The van der Waals surface area contributed by atoms with Crippen molar-refractivity contribution < 1.29 is 14.3 Å². The highest BCUT2D eigenvalue weighted by Crippen LogP contribution is 2.18. The van der Waals surface area contributed by atoms with Crippen LogP contribution in [0.1, 0.15) is 23.2 Å². The van der Waals surface area contributed by atoms with Crippen LogP contribution in [0.5, 0.6) is 0 Å². The van der Waals surface area contributed by atoms with Crippen LogP contribution in [0.4, 0.5) is 5.69 Å². The number of hydrogen-bond donors (Lipinski definition) is 2. The van der Waals surface area contributed by atoms with E-state index in [2.05, 4.69) is 17.2 Å². The molecular formula is C15H18N2O3. The van der Waals surface area contributed by atoms with Gasteiger partial charge in [-0.25, -0.2) is 0 Å². The van der Waals surface area contributed by atoms with Gasteiger partial charge in [0.25, 0.3) is 11.8 Å². The van der Waals surface area contributed by atoms with Gasteiger partial charge < -0.3 is 15.4 Å². The molecule has 0 aliphatic carbocycles. The smallest absolute Gasteiger partial charge is 0.253 e. The summed E-state index contributed by atoms with van der Waals surface area (Å²) in [6.07, 6.45) is 2.79. The molecule has 106 valence electrons. The van der Waals surface area contributed by atoms with E-state index in [1.54, 1.807) is 30.3 Å². The summed E-state index contributed by atoms with van der Waals surface area (Å²) in [4.78, 5) is 24.0. The molecule has 0 bridgehead atoms. The molecule has 1 saturated heterocycles. The van der Waals surface area contributed by atoms with E-state index in [9.17, 15) is 9.59 Å². The number of carbonyl (C=O) groups excluding carboxylic acids is 2. The Morgan fingerprint density at radius 3 is 2.90 bits per heavy atom. The van der Waals surface area contributed by atoms with E-state index in [-0.39, 0.29) is 11.8 Å². The molecule has 5 nitrogen and oxygen atoms in total. The van der Waals surface area contributed by atoms with Crippen LogP contribution >= 0.6 is 0 Å². The molecule has 0 spiro atoms. The summed E-state index contributed by atoms with van der Waals surface area (Å²) in [5.41, 5.74) is 0.926. The van der Waals surface area contributed by atoms with Crippen molar-refractivity contribution in [3.63, 3.8) is 0 Å². The van der Waals surface area contributed by atoms with Crippen LogP contribution in [0.15, 0.2) is 36.9 Å². The van der Waals surface area contributed by atoms with E-state index < -0.39 is 6.10 Å². The lowest BCUT2D eigenvalue weighted by molar-refractivity contribution is -0.124. The van der Waals surface area contributed by atoms with Gasteiger partial charge in [0.1, 0.15) is 6.10 Å². The number of carbonyl (C=O) groups is 2. The number of nitrogens with one attached hydrogen (secondary N) is 2. The summed E-state index contributed by atoms with van der Waals surface area (Å²) >= 11 is 0. The third-order valence-electron chi connectivity index (χ3n) is 3.06. The number of ether oxygens (including phenoxy) is 1. The second-order valence-electron chi connectivity index (χ2n) is 4.54. The van der Waals surface area contributed by atoms with Gasteiger partial charge in [-0.2, -0.15) is 0 Å². The topological polar surface area (TPSA) is 67.4 Å². The first-order valence-electron chi connectivity index (χ1n) is 6.63. The quantitative estimate of drug-likeness (QED) is 0.803. The Kier molecular flexibility index (Phi) is 4.90. The maximum atomic E-state index is 12.0. The predicted octanol–water partition coefficient (Wildman–Crippen LogP) is 1.72. The number of rotatable bonds is 5. The Hall–Kier alpha value is -2.14. The normalized spacial score (nSPS) is 17.5. The van der Waals surface area contributed by atoms with Crippen molar-refractivity contribution in [2.24, 2.45) is 0 Å². The summed E-state index contributed by atoms with van der Waals surface area (Å²) in [6, 6.07) is 6.90. The molecule has 20 heavy (non-hydrogen) atoms. The molecule has 1 aliphatic rings. The summed E-state index contributed by atoms with van der Waals surface area (Å²) in [5, 5.41) is 5.45. The molecule has 1 aliphatic heterocycles. The average Bonchev–Trinajstić information content (AvgIpc) is 2.99. The summed E-state index contributed by atoms with van der Waals surface area (Å²) in [6.45, 7) is 4.54. The van der Waals surface area contributed by atoms with Crippen molar-refractivity contribution in [3.05, 3.63) is 42.5 Å². The standard InChI is InChI=1S/C15H18N2O3/c1-2-9-16-14(18)11-6-3-4-7-12(11)17-15(19)13-8-5-10-20-13/h2-4,6-7,13H,1,5,8-10H2,(H,16,18)(H,17,19). The fourth-order valence-electron chi connectivity index (χ4n) is 2.05. The maximum absolute atomic E-state index is 12.0. The van der Waals surface area contributed by atoms with Crippen molar-refractivity contribution in [2.45, 2.75) is 18.9 Å². The van der Waals surface area contributed by atoms with E-state index in [0.29, 0.717) is 24.4 Å². The molecule has 1 heterocycles. The highest BCUT2D eigenvalue weighted by Gasteiger charge is 2.24. The van der Waals surface area contributed by atoms with Crippen LogP contribution in [0.3, 0.4) is 0 Å². The largest absolute Gasteiger partial charge is 0.368 e. The molecule has 0 aromatic heterocycles. The zero-order valence-corrected chi connectivity index (χ0v) is 11.2. The summed E-state index contributed by atoms with van der Waals surface area (Å²) in [5.74, 6) is -0.445. The lowest BCUT2D eigenvalue weighted by atomic mass is 10.1. The predicted molar refractivity (Wildman–Crippen MR) is 76.6 cm³/mol. The first kappa shape index (κ1) is 14.3. The minimum atomic E-state index is -0.417. The lowest BCUT2D eigenvalue weighted by Crippen LogP contribution is -2.29. The first-order chi connectivity index (χ1) is 9.72. The van der Waals surface area contributed by atoms with Crippen molar-refractivity contribution in [1.82, 2.24) is 5.32 Å². The molecule has 2 amide bonds. The minimum absolute atomic E-state index is 0.202. The molecule has 1 aromatic rings. The number of amides is 2. The highest BCUT2D eigenvalue weighted by molar-refractivity contribution is 6.04. The van der Waals surface area contributed by atoms with Gasteiger partial charge in [0.2, 0.25) is 0 Å². The molecular weight excluding hydrogens is 256 g/mol. The highest BCUT2D eigenvalue weighted by atomic mass is 16.5. The fourth-order valence-corrected chi connectivity index (χ4v) is 2.05. The van der Waals surface area contributed by atoms with E-state index in [4.69, 9.17) is 4.74 Å². The maximum Gasteiger partial charge on any atom is 0.253 e. The molecule has 0 radical (unpaired) electrons. The van der Waals surface area contributed by atoms with Crippen molar-refractivity contribution in [2.75, 3.05) is 18.5 Å². The first-order valence-corrected chi connectivity index (χ1v) is 6.63. The zero-order chi connectivity index (χ0) is 14.4. The lowest BCUT2D eigenvalue weighted by Gasteiger charge is -2.13. The van der Waals surface area contributed by atoms with Crippen molar-refractivity contribution in [3.8, 4) is 0 Å². The Morgan fingerprint density at radius 1 is 1.40 bits per heavy atom. The second-order valence-corrected chi connectivity index (χ2v) is 4.54. The van der Waals surface area contributed by atoms with Crippen LogP contribution < -0.4 is 10.6 Å². The molecule has 1 unspecified atom stereocenters. The van der Waals surface area contributed by atoms with Gasteiger partial charge in [-0.3, -0.25) is 9.59 Å². The number of anilines is 1. The minimum Gasteiger partial charge on any atom is -0.368 e. The van der Waals surface area contributed by atoms with Gasteiger partial charge >= 0.3 is 0 Å². The SMILES string of the molecule is C=CCNC(=O)c1ccccc1NC(=O)C1CCCO1.